The predicted molar refractivity (Wildman–Crippen MR) is 108 cm³/mol. The van der Waals surface area contributed by atoms with Crippen LogP contribution in [0.25, 0.3) is 44.1 Å². The first-order chi connectivity index (χ1) is 12.9. The number of rotatable bonds is 2. The molecule has 0 unspecified atom stereocenters. The minimum Gasteiger partial charge on any atom is -0.264 e. The van der Waals surface area contributed by atoms with Crippen LogP contribution in [0.15, 0.2) is 97.3 Å². The number of hydrogen-bond acceptors (Lipinski definition) is 2. The molecule has 0 N–H and O–H groups in total. The number of benzene rings is 3. The van der Waals surface area contributed by atoms with Crippen molar-refractivity contribution >= 4 is 21.5 Å². The number of nitrogens with zero attached hydrogens (tertiary/aromatic N) is 2. The van der Waals surface area contributed by atoms with Crippen LogP contribution in [0.2, 0.25) is 0 Å². The molecule has 0 aliphatic rings. The van der Waals surface area contributed by atoms with Gasteiger partial charge >= 0.3 is 0 Å². The van der Waals surface area contributed by atoms with E-state index in [9.17, 15) is 0 Å². The van der Waals surface area contributed by atoms with E-state index in [1.54, 1.807) is 6.20 Å². The van der Waals surface area contributed by atoms with Gasteiger partial charge in [-0.25, -0.2) is 4.98 Å². The molecule has 3 aromatic carbocycles. The Bertz CT molecular complexity index is 1230. The third-order valence-corrected chi connectivity index (χ3v) is 4.73. The van der Waals surface area contributed by atoms with Crippen molar-refractivity contribution in [2.24, 2.45) is 0 Å². The SMILES string of the molecule is c1cncc(-c2cccc(-c3cccc4cc5ccccc5cc34)n2)c1. The van der Waals surface area contributed by atoms with E-state index < -0.39 is 0 Å². The highest BCUT2D eigenvalue weighted by Crippen LogP contribution is 2.31. The van der Waals surface area contributed by atoms with Crippen LogP contribution < -0.4 is 0 Å². The second-order valence-corrected chi connectivity index (χ2v) is 6.38. The summed E-state index contributed by atoms with van der Waals surface area (Å²) in [6.07, 6.45) is 3.63. The number of aromatic nitrogens is 2. The third kappa shape index (κ3) is 2.52. The summed E-state index contributed by atoms with van der Waals surface area (Å²) in [5.74, 6) is 0. The van der Waals surface area contributed by atoms with Gasteiger partial charge in [0.05, 0.1) is 11.4 Å². The van der Waals surface area contributed by atoms with E-state index in [0.29, 0.717) is 0 Å². The van der Waals surface area contributed by atoms with Crippen LogP contribution in [0.4, 0.5) is 0 Å². The molecular weight excluding hydrogens is 316 g/mol. The van der Waals surface area contributed by atoms with Gasteiger partial charge in [-0.15, -0.1) is 0 Å². The molecule has 0 fully saturated rings. The maximum atomic E-state index is 4.90. The largest absolute Gasteiger partial charge is 0.264 e. The Balaban J connectivity index is 1.73. The first-order valence-corrected chi connectivity index (χ1v) is 8.68. The van der Waals surface area contributed by atoms with Gasteiger partial charge in [0.15, 0.2) is 0 Å². The van der Waals surface area contributed by atoms with Crippen molar-refractivity contribution in [3.8, 4) is 22.5 Å². The second-order valence-electron chi connectivity index (χ2n) is 6.38. The number of fused-ring (bicyclic) bond motifs is 2. The average molecular weight is 332 g/mol. The van der Waals surface area contributed by atoms with Crippen molar-refractivity contribution in [2.45, 2.75) is 0 Å². The molecule has 0 bridgehead atoms. The van der Waals surface area contributed by atoms with Gasteiger partial charge in [0.25, 0.3) is 0 Å². The molecule has 2 aromatic heterocycles. The fourth-order valence-corrected chi connectivity index (χ4v) is 3.45. The van der Waals surface area contributed by atoms with Gasteiger partial charge in [-0.2, -0.15) is 0 Å². The number of hydrogen-bond donors (Lipinski definition) is 0. The molecule has 0 aliphatic heterocycles. The second kappa shape index (κ2) is 6.08. The lowest BCUT2D eigenvalue weighted by Crippen LogP contribution is -1.89. The molecule has 26 heavy (non-hydrogen) atoms. The van der Waals surface area contributed by atoms with Gasteiger partial charge in [0, 0.05) is 23.5 Å². The molecule has 0 saturated heterocycles. The molecule has 122 valence electrons. The minimum absolute atomic E-state index is 0.938. The maximum absolute atomic E-state index is 4.90. The molecule has 0 saturated carbocycles. The molecule has 0 amide bonds. The molecule has 0 radical (unpaired) electrons. The molecule has 0 spiro atoms. The highest BCUT2D eigenvalue weighted by molar-refractivity contribution is 6.04. The van der Waals surface area contributed by atoms with Gasteiger partial charge < -0.3 is 0 Å². The van der Waals surface area contributed by atoms with E-state index >= 15 is 0 Å². The fraction of sp³-hybridized carbons (Fsp3) is 0. The van der Waals surface area contributed by atoms with Crippen LogP contribution in [-0.2, 0) is 0 Å². The Morgan fingerprint density at radius 2 is 1.35 bits per heavy atom. The Morgan fingerprint density at radius 3 is 2.19 bits per heavy atom. The van der Waals surface area contributed by atoms with Crippen molar-refractivity contribution in [2.75, 3.05) is 0 Å². The van der Waals surface area contributed by atoms with Gasteiger partial charge in [0.1, 0.15) is 0 Å². The molecule has 2 heterocycles. The molecule has 2 nitrogen and oxygen atoms in total. The van der Waals surface area contributed by atoms with E-state index in [1.165, 1.54) is 21.5 Å². The fourth-order valence-electron chi connectivity index (χ4n) is 3.45. The lowest BCUT2D eigenvalue weighted by Gasteiger charge is -2.09. The van der Waals surface area contributed by atoms with Gasteiger partial charge in [-0.1, -0.05) is 48.5 Å². The van der Waals surface area contributed by atoms with Gasteiger partial charge in [-0.3, -0.25) is 4.98 Å². The summed E-state index contributed by atoms with van der Waals surface area (Å²) in [5, 5.41) is 4.96. The van der Waals surface area contributed by atoms with Crippen molar-refractivity contribution in [1.29, 1.82) is 0 Å². The lowest BCUT2D eigenvalue weighted by atomic mass is 9.97. The topological polar surface area (TPSA) is 25.8 Å². The minimum atomic E-state index is 0.938. The summed E-state index contributed by atoms with van der Waals surface area (Å²) < 4.78 is 0. The molecule has 5 aromatic rings. The van der Waals surface area contributed by atoms with E-state index in [0.717, 1.165) is 22.5 Å². The summed E-state index contributed by atoms with van der Waals surface area (Å²) in [7, 11) is 0. The normalized spacial score (nSPS) is 11.1. The van der Waals surface area contributed by atoms with Crippen LogP contribution in [0.5, 0.6) is 0 Å². The highest BCUT2D eigenvalue weighted by atomic mass is 14.7. The van der Waals surface area contributed by atoms with E-state index in [2.05, 4.69) is 71.7 Å². The van der Waals surface area contributed by atoms with E-state index in [1.807, 2.05) is 24.4 Å². The van der Waals surface area contributed by atoms with E-state index in [4.69, 9.17) is 4.98 Å². The Labute approximate surface area is 151 Å². The summed E-state index contributed by atoms with van der Waals surface area (Å²) >= 11 is 0. The van der Waals surface area contributed by atoms with Crippen molar-refractivity contribution in [3.63, 3.8) is 0 Å². The summed E-state index contributed by atoms with van der Waals surface area (Å²) in [6.45, 7) is 0. The molecule has 2 heteroatoms. The van der Waals surface area contributed by atoms with Crippen molar-refractivity contribution in [1.82, 2.24) is 9.97 Å². The average Bonchev–Trinajstić information content (AvgIpc) is 2.72. The quantitative estimate of drug-likeness (QED) is 0.364. The summed E-state index contributed by atoms with van der Waals surface area (Å²) in [5.41, 5.74) is 4.10. The van der Waals surface area contributed by atoms with Gasteiger partial charge in [0.2, 0.25) is 0 Å². The summed E-state index contributed by atoms with van der Waals surface area (Å²) in [4.78, 5) is 9.11. The highest BCUT2D eigenvalue weighted by Gasteiger charge is 2.08. The Kier molecular flexibility index (Phi) is 3.46. The zero-order valence-corrected chi connectivity index (χ0v) is 14.1. The van der Waals surface area contributed by atoms with Crippen LogP contribution in [-0.4, -0.2) is 9.97 Å². The van der Waals surface area contributed by atoms with Crippen molar-refractivity contribution in [3.05, 3.63) is 97.3 Å². The summed E-state index contributed by atoms with van der Waals surface area (Å²) in [6, 6.07) is 29.5. The van der Waals surface area contributed by atoms with Crippen LogP contribution in [0, 0.1) is 0 Å². The Hall–Kier alpha value is -3.52. The van der Waals surface area contributed by atoms with Crippen LogP contribution in [0.3, 0.4) is 0 Å². The van der Waals surface area contributed by atoms with Gasteiger partial charge in [-0.05, 0) is 57.9 Å². The number of pyridine rings is 2. The maximum Gasteiger partial charge on any atom is 0.0725 e. The molecule has 5 rings (SSSR count). The van der Waals surface area contributed by atoms with Crippen molar-refractivity contribution < 1.29 is 0 Å². The molecule has 0 atom stereocenters. The lowest BCUT2D eigenvalue weighted by molar-refractivity contribution is 1.28. The third-order valence-electron chi connectivity index (χ3n) is 4.73. The zero-order chi connectivity index (χ0) is 17.3. The smallest absolute Gasteiger partial charge is 0.0725 e. The molecular formula is C24H16N2. The first kappa shape index (κ1) is 14.8. The standard InChI is InChI=1S/C24H16N2/c1-2-7-18-15-22-19(14-17(18)6-1)8-3-10-21(22)24-12-4-11-23(26-24)20-9-5-13-25-16-20/h1-16H. The van der Waals surface area contributed by atoms with E-state index in [-0.39, 0.29) is 0 Å². The first-order valence-electron chi connectivity index (χ1n) is 8.68. The monoisotopic (exact) mass is 332 g/mol. The Morgan fingerprint density at radius 1 is 0.577 bits per heavy atom. The van der Waals surface area contributed by atoms with Crippen LogP contribution in [0.1, 0.15) is 0 Å². The van der Waals surface area contributed by atoms with Crippen LogP contribution >= 0.6 is 0 Å². The molecule has 0 aliphatic carbocycles. The zero-order valence-electron chi connectivity index (χ0n) is 14.1. The predicted octanol–water partition coefficient (Wildman–Crippen LogP) is 6.12.